The van der Waals surface area contributed by atoms with Crippen LogP contribution in [0.15, 0.2) is 156 Å². The zero-order chi connectivity index (χ0) is 34.8. The molecule has 5 heteroatoms. The molecule has 0 radical (unpaired) electrons. The van der Waals surface area contributed by atoms with Gasteiger partial charge in [0.05, 0.1) is 27.6 Å². The van der Waals surface area contributed by atoms with Gasteiger partial charge >= 0.3 is 0 Å². The maximum Gasteiger partial charge on any atom is 0.183 e. The monoisotopic (exact) mass is 680 g/mol. The normalized spacial score (nSPS) is 14.5. The summed E-state index contributed by atoms with van der Waals surface area (Å²) >= 11 is 0. The van der Waals surface area contributed by atoms with Crippen LogP contribution in [0.1, 0.15) is 18.2 Å². The van der Waals surface area contributed by atoms with Gasteiger partial charge in [-0.05, 0) is 66.9 Å². The van der Waals surface area contributed by atoms with Crippen LogP contribution in [-0.2, 0) is 6.42 Å². The second-order valence-corrected chi connectivity index (χ2v) is 14.5. The highest BCUT2D eigenvalue weighted by Crippen LogP contribution is 2.42. The van der Waals surface area contributed by atoms with Gasteiger partial charge in [0, 0.05) is 54.6 Å². The predicted octanol–water partition coefficient (Wildman–Crippen LogP) is 12.3. The van der Waals surface area contributed by atoms with Crippen LogP contribution in [0.2, 0.25) is 0 Å². The molecule has 1 aliphatic carbocycles. The lowest BCUT2D eigenvalue weighted by Gasteiger charge is -2.18. The molecule has 0 aliphatic heterocycles. The number of furan rings is 1. The number of fused-ring (bicyclic) bond motifs is 12. The minimum atomic E-state index is 0.435. The summed E-state index contributed by atoms with van der Waals surface area (Å²) in [5, 5.41) is 8.23. The topological polar surface area (TPSA) is 40.8 Å². The highest BCUT2D eigenvalue weighted by atomic mass is 16.3. The molecule has 6 aromatic carbocycles. The molecule has 0 N–H and O–H groups in total. The fourth-order valence-electron chi connectivity index (χ4n) is 9.09. The summed E-state index contributed by atoms with van der Waals surface area (Å²) < 4.78 is 13.9. The Balaban J connectivity index is 1.18. The minimum Gasteiger partial charge on any atom is -0.452 e. The summed E-state index contributed by atoms with van der Waals surface area (Å²) in [6.45, 7) is 2.29. The quantitative estimate of drug-likeness (QED) is 0.186. The molecule has 0 spiro atoms. The number of rotatable bonds is 3. The average Bonchev–Trinajstić information content (AvgIpc) is 3.94. The van der Waals surface area contributed by atoms with Gasteiger partial charge in [-0.1, -0.05) is 110 Å². The second-order valence-electron chi connectivity index (χ2n) is 14.5. The summed E-state index contributed by atoms with van der Waals surface area (Å²) in [4.78, 5) is 5.62. The number of hydrogen-bond acceptors (Lipinski definition) is 2. The molecule has 0 saturated carbocycles. The molecule has 1 atom stereocenters. The highest BCUT2D eigenvalue weighted by molar-refractivity contribution is 6.14. The largest absolute Gasteiger partial charge is 0.452 e. The maximum absolute atomic E-state index is 6.77. The van der Waals surface area contributed by atoms with Crippen LogP contribution in [0.5, 0.6) is 0 Å². The van der Waals surface area contributed by atoms with Crippen molar-refractivity contribution >= 4 is 82.5 Å². The van der Waals surface area contributed by atoms with Gasteiger partial charge in [-0.2, -0.15) is 0 Å². The van der Waals surface area contributed by atoms with Gasteiger partial charge in [0.2, 0.25) is 0 Å². The first-order valence-corrected chi connectivity index (χ1v) is 18.4. The zero-order valence-electron chi connectivity index (χ0n) is 29.0. The number of nitrogens with zero attached hydrogens (tertiary/aromatic N) is 4. The van der Waals surface area contributed by atoms with Crippen LogP contribution in [0, 0.1) is 5.92 Å². The van der Waals surface area contributed by atoms with E-state index < -0.39 is 0 Å². The molecule has 12 rings (SSSR count). The summed E-state index contributed by atoms with van der Waals surface area (Å²) in [7, 11) is 0. The number of para-hydroxylation sites is 5. The molecule has 0 bridgehead atoms. The third-order valence-corrected chi connectivity index (χ3v) is 11.4. The van der Waals surface area contributed by atoms with Crippen molar-refractivity contribution in [3.8, 4) is 17.3 Å². The van der Waals surface area contributed by atoms with E-state index >= 15 is 0 Å². The number of pyridine rings is 1. The number of aromatic nitrogens is 4. The van der Waals surface area contributed by atoms with E-state index in [0.29, 0.717) is 5.92 Å². The van der Waals surface area contributed by atoms with E-state index in [1.54, 1.807) is 0 Å². The molecule has 5 heterocycles. The molecular weight excluding hydrogens is 649 g/mol. The summed E-state index contributed by atoms with van der Waals surface area (Å²) in [6.07, 6.45) is 5.58. The van der Waals surface area contributed by atoms with Crippen LogP contribution in [0.25, 0.3) is 99.9 Å². The van der Waals surface area contributed by atoms with Crippen molar-refractivity contribution in [1.82, 2.24) is 18.7 Å². The van der Waals surface area contributed by atoms with Crippen LogP contribution in [0.3, 0.4) is 0 Å². The lowest BCUT2D eigenvalue weighted by atomic mass is 9.95. The van der Waals surface area contributed by atoms with Gasteiger partial charge < -0.3 is 8.98 Å². The summed E-state index contributed by atoms with van der Waals surface area (Å²) in [5.41, 5.74) is 11.1. The van der Waals surface area contributed by atoms with Crippen molar-refractivity contribution in [1.29, 1.82) is 0 Å². The lowest BCUT2D eigenvalue weighted by Crippen LogP contribution is -2.10. The van der Waals surface area contributed by atoms with Gasteiger partial charge in [-0.25, -0.2) is 4.98 Å². The Morgan fingerprint density at radius 2 is 1.09 bits per heavy atom. The smallest absolute Gasteiger partial charge is 0.183 e. The molecule has 11 aromatic rings. The van der Waals surface area contributed by atoms with E-state index in [2.05, 4.69) is 172 Å². The van der Waals surface area contributed by atoms with Crippen molar-refractivity contribution in [3.05, 3.63) is 163 Å². The van der Waals surface area contributed by atoms with Crippen LogP contribution in [0.4, 0.5) is 0 Å². The Morgan fingerprint density at radius 3 is 1.81 bits per heavy atom. The van der Waals surface area contributed by atoms with Gasteiger partial charge in [0.1, 0.15) is 11.4 Å². The first kappa shape index (κ1) is 28.8. The first-order chi connectivity index (χ1) is 26.2. The standard InChI is InChI=1S/C48H32N4O/c1-29-22-24-35-33-14-4-9-19-41(33)51(44(35)26-29)46-28-38-36-16-6-11-21-45(36)53-47(38)48(49-46)52-42-20-10-5-15-34(42)37-27-30(23-25-43(37)52)50-39-17-7-2-12-31(39)32-13-3-8-18-40(32)50/h2-25,27-29H,26H2,1H3. The fourth-order valence-corrected chi connectivity index (χ4v) is 9.09. The van der Waals surface area contributed by atoms with E-state index in [1.165, 1.54) is 54.7 Å². The molecule has 0 fully saturated rings. The fraction of sp³-hybridized carbons (Fsp3) is 0.0625. The lowest BCUT2D eigenvalue weighted by molar-refractivity contribution is 0.662. The Morgan fingerprint density at radius 1 is 0.528 bits per heavy atom. The van der Waals surface area contributed by atoms with Crippen molar-refractivity contribution in [2.75, 3.05) is 0 Å². The van der Waals surface area contributed by atoms with E-state index in [1.807, 2.05) is 6.07 Å². The third kappa shape index (κ3) is 3.94. The number of benzene rings is 6. The predicted molar refractivity (Wildman–Crippen MR) is 219 cm³/mol. The summed E-state index contributed by atoms with van der Waals surface area (Å²) in [5.74, 6) is 2.12. The molecule has 5 nitrogen and oxygen atoms in total. The van der Waals surface area contributed by atoms with Gasteiger partial charge in [-0.3, -0.25) is 9.13 Å². The maximum atomic E-state index is 6.77. The van der Waals surface area contributed by atoms with Crippen LogP contribution in [-0.4, -0.2) is 18.7 Å². The van der Waals surface area contributed by atoms with Crippen LogP contribution >= 0.6 is 0 Å². The minimum absolute atomic E-state index is 0.435. The van der Waals surface area contributed by atoms with Crippen molar-refractivity contribution in [2.24, 2.45) is 5.92 Å². The van der Waals surface area contributed by atoms with E-state index in [9.17, 15) is 0 Å². The average molecular weight is 681 g/mol. The van der Waals surface area contributed by atoms with Gasteiger partial charge in [0.25, 0.3) is 0 Å². The SMILES string of the molecule is CC1C=Cc2c(n(-c3cc4c(oc5ccccc54)c(-n4c5ccccc5c5cc(-n6c7ccccc7c7ccccc76)ccc54)n3)c3ccccc23)C1. The first-order valence-electron chi connectivity index (χ1n) is 18.4. The molecule has 1 aliphatic rings. The van der Waals surface area contributed by atoms with E-state index in [-0.39, 0.29) is 0 Å². The molecule has 5 aromatic heterocycles. The Kier molecular flexibility index (Phi) is 5.76. The van der Waals surface area contributed by atoms with E-state index in [4.69, 9.17) is 9.40 Å². The van der Waals surface area contributed by atoms with Gasteiger partial charge in [0.15, 0.2) is 11.4 Å². The van der Waals surface area contributed by atoms with Crippen LogP contribution < -0.4 is 0 Å². The number of allylic oxidation sites excluding steroid dienone is 1. The molecule has 250 valence electrons. The van der Waals surface area contributed by atoms with E-state index in [0.717, 1.165) is 56.7 Å². The van der Waals surface area contributed by atoms with Gasteiger partial charge in [-0.15, -0.1) is 0 Å². The molecule has 0 saturated heterocycles. The Hall–Kier alpha value is -6.85. The van der Waals surface area contributed by atoms with Crippen molar-refractivity contribution in [3.63, 3.8) is 0 Å². The zero-order valence-corrected chi connectivity index (χ0v) is 29.0. The van der Waals surface area contributed by atoms with Crippen molar-refractivity contribution in [2.45, 2.75) is 13.3 Å². The molecule has 53 heavy (non-hydrogen) atoms. The second kappa shape index (κ2) is 10.6. The Bertz CT molecular complexity index is 3290. The Labute approximate surface area is 304 Å². The summed E-state index contributed by atoms with van der Waals surface area (Å²) in [6, 6.07) is 52.2. The molecule has 0 amide bonds. The van der Waals surface area contributed by atoms with Crippen molar-refractivity contribution < 1.29 is 4.42 Å². The number of hydrogen-bond donors (Lipinski definition) is 0. The molecular formula is C48H32N4O. The molecule has 1 unspecified atom stereocenters. The highest BCUT2D eigenvalue weighted by Gasteiger charge is 2.26. The third-order valence-electron chi connectivity index (χ3n) is 11.4.